The van der Waals surface area contributed by atoms with E-state index in [1.54, 1.807) is 10.9 Å². The second-order valence-corrected chi connectivity index (χ2v) is 3.34. The Labute approximate surface area is 86.2 Å². The van der Waals surface area contributed by atoms with Gasteiger partial charge in [-0.15, -0.1) is 5.10 Å². The Morgan fingerprint density at radius 2 is 2.27 bits per heavy atom. The van der Waals surface area contributed by atoms with Crippen molar-refractivity contribution < 1.29 is 0 Å². The molecule has 0 spiro atoms. The summed E-state index contributed by atoms with van der Waals surface area (Å²) in [4.78, 5) is 8.08. The van der Waals surface area contributed by atoms with E-state index in [0.717, 1.165) is 29.7 Å². The Kier molecular flexibility index (Phi) is 1.81. The summed E-state index contributed by atoms with van der Waals surface area (Å²) in [5.41, 5.74) is 2.50. The Morgan fingerprint density at radius 1 is 1.27 bits per heavy atom. The SMILES string of the molecule is C1=CC(n2nnc3cncnc32)=CCC1. The molecule has 0 unspecified atom stereocenters. The van der Waals surface area contributed by atoms with Crippen molar-refractivity contribution in [3.63, 3.8) is 0 Å². The topological polar surface area (TPSA) is 56.5 Å². The minimum Gasteiger partial charge on any atom is -0.242 e. The van der Waals surface area contributed by atoms with Gasteiger partial charge in [0.05, 0.1) is 11.9 Å². The van der Waals surface area contributed by atoms with E-state index < -0.39 is 0 Å². The molecule has 2 aromatic rings. The van der Waals surface area contributed by atoms with E-state index >= 15 is 0 Å². The van der Waals surface area contributed by atoms with Gasteiger partial charge in [-0.2, -0.15) is 4.68 Å². The molecular weight excluding hydrogens is 190 g/mol. The fourth-order valence-corrected chi connectivity index (χ4v) is 1.62. The highest BCUT2D eigenvalue weighted by atomic mass is 15.4. The summed E-state index contributed by atoms with van der Waals surface area (Å²) in [6.07, 6.45) is 11.6. The first-order valence-electron chi connectivity index (χ1n) is 4.83. The molecule has 2 aromatic heterocycles. The van der Waals surface area contributed by atoms with Gasteiger partial charge in [0.1, 0.15) is 6.33 Å². The summed E-state index contributed by atoms with van der Waals surface area (Å²) in [6, 6.07) is 0. The van der Waals surface area contributed by atoms with Crippen LogP contribution in [0, 0.1) is 0 Å². The van der Waals surface area contributed by atoms with Gasteiger partial charge in [0.2, 0.25) is 0 Å². The van der Waals surface area contributed by atoms with Crippen molar-refractivity contribution in [1.29, 1.82) is 0 Å². The first kappa shape index (κ1) is 8.28. The Hall–Kier alpha value is -2.04. The van der Waals surface area contributed by atoms with E-state index in [1.165, 1.54) is 6.33 Å². The van der Waals surface area contributed by atoms with Crippen molar-refractivity contribution >= 4 is 16.9 Å². The first-order chi connectivity index (χ1) is 7.45. The van der Waals surface area contributed by atoms with E-state index in [-0.39, 0.29) is 0 Å². The first-order valence-corrected chi connectivity index (χ1v) is 4.83. The van der Waals surface area contributed by atoms with Crippen molar-refractivity contribution in [1.82, 2.24) is 25.0 Å². The molecule has 15 heavy (non-hydrogen) atoms. The molecule has 0 N–H and O–H groups in total. The number of fused-ring (bicyclic) bond motifs is 1. The highest BCUT2D eigenvalue weighted by molar-refractivity contribution is 5.74. The van der Waals surface area contributed by atoms with Crippen molar-refractivity contribution in [2.24, 2.45) is 0 Å². The molecule has 0 amide bonds. The van der Waals surface area contributed by atoms with Gasteiger partial charge in [0, 0.05) is 0 Å². The second kappa shape index (κ2) is 3.27. The summed E-state index contributed by atoms with van der Waals surface area (Å²) >= 11 is 0. The van der Waals surface area contributed by atoms with Crippen LogP contribution in [-0.4, -0.2) is 25.0 Å². The molecule has 74 valence electrons. The standard InChI is InChI=1S/C10H9N5/c1-2-4-8(5-3-1)15-10-9(13-14-15)6-11-7-12-10/h2,4-7H,1,3H2. The molecule has 0 aliphatic heterocycles. The zero-order valence-corrected chi connectivity index (χ0v) is 8.04. The molecule has 0 saturated heterocycles. The van der Waals surface area contributed by atoms with Crippen molar-refractivity contribution in [3.05, 3.63) is 30.8 Å². The van der Waals surface area contributed by atoms with Crippen LogP contribution in [0.5, 0.6) is 0 Å². The molecule has 0 saturated carbocycles. The van der Waals surface area contributed by atoms with Crippen molar-refractivity contribution in [3.8, 4) is 0 Å². The van der Waals surface area contributed by atoms with E-state index in [9.17, 15) is 0 Å². The van der Waals surface area contributed by atoms with Crippen LogP contribution in [0.15, 0.2) is 30.8 Å². The maximum atomic E-state index is 4.17. The molecule has 1 aliphatic rings. The predicted molar refractivity (Wildman–Crippen MR) is 55.8 cm³/mol. The lowest BCUT2D eigenvalue weighted by Gasteiger charge is -2.05. The minimum absolute atomic E-state index is 0.720. The fourth-order valence-electron chi connectivity index (χ4n) is 1.62. The summed E-state index contributed by atoms with van der Waals surface area (Å²) < 4.78 is 1.74. The van der Waals surface area contributed by atoms with E-state index in [2.05, 4.69) is 32.4 Å². The van der Waals surface area contributed by atoms with Gasteiger partial charge in [0.15, 0.2) is 11.2 Å². The van der Waals surface area contributed by atoms with Crippen molar-refractivity contribution in [2.45, 2.75) is 12.8 Å². The quantitative estimate of drug-likeness (QED) is 0.696. The van der Waals surface area contributed by atoms with E-state index in [0.29, 0.717) is 0 Å². The molecule has 1 aliphatic carbocycles. The number of hydrogen-bond donors (Lipinski definition) is 0. The third kappa shape index (κ3) is 1.32. The number of hydrogen-bond acceptors (Lipinski definition) is 4. The monoisotopic (exact) mass is 199 g/mol. The maximum absolute atomic E-state index is 4.17. The molecule has 0 bridgehead atoms. The largest absolute Gasteiger partial charge is 0.242 e. The van der Waals surface area contributed by atoms with Crippen LogP contribution in [0.3, 0.4) is 0 Å². The summed E-state index contributed by atoms with van der Waals surface area (Å²) in [6.45, 7) is 0. The molecule has 0 fully saturated rings. The fraction of sp³-hybridized carbons (Fsp3) is 0.200. The van der Waals surface area contributed by atoms with Crippen LogP contribution in [-0.2, 0) is 0 Å². The predicted octanol–water partition coefficient (Wildman–Crippen LogP) is 1.41. The molecule has 2 heterocycles. The highest BCUT2D eigenvalue weighted by Gasteiger charge is 2.08. The lowest BCUT2D eigenvalue weighted by molar-refractivity contribution is 0.828. The van der Waals surface area contributed by atoms with Crippen LogP contribution < -0.4 is 0 Å². The van der Waals surface area contributed by atoms with Gasteiger partial charge in [0.25, 0.3) is 0 Å². The average molecular weight is 199 g/mol. The van der Waals surface area contributed by atoms with Crippen LogP contribution in [0.25, 0.3) is 16.9 Å². The van der Waals surface area contributed by atoms with Crippen molar-refractivity contribution in [2.75, 3.05) is 0 Å². The van der Waals surface area contributed by atoms with E-state index in [1.807, 2.05) is 6.08 Å². The number of aromatic nitrogens is 5. The highest BCUT2D eigenvalue weighted by Crippen LogP contribution is 2.17. The number of nitrogens with zero attached hydrogens (tertiary/aromatic N) is 5. The molecule has 5 nitrogen and oxygen atoms in total. The molecule has 3 rings (SSSR count). The normalized spacial score (nSPS) is 15.6. The minimum atomic E-state index is 0.720. The molecular formula is C10H9N5. The van der Waals surface area contributed by atoms with Crippen LogP contribution in [0.1, 0.15) is 12.8 Å². The molecule has 0 radical (unpaired) electrons. The molecule has 0 atom stereocenters. The van der Waals surface area contributed by atoms with Crippen LogP contribution in [0.2, 0.25) is 0 Å². The summed E-state index contributed by atoms with van der Waals surface area (Å²) in [5, 5.41) is 8.07. The van der Waals surface area contributed by atoms with Gasteiger partial charge >= 0.3 is 0 Å². The lowest BCUT2D eigenvalue weighted by Crippen LogP contribution is -2.00. The Balaban J connectivity index is 2.19. The maximum Gasteiger partial charge on any atom is 0.186 e. The zero-order chi connectivity index (χ0) is 10.1. The lowest BCUT2D eigenvalue weighted by atomic mass is 10.1. The third-order valence-electron chi connectivity index (χ3n) is 2.34. The van der Waals surface area contributed by atoms with Gasteiger partial charge in [-0.1, -0.05) is 17.4 Å². The molecule has 0 aromatic carbocycles. The van der Waals surface area contributed by atoms with Gasteiger partial charge in [-0.3, -0.25) is 0 Å². The zero-order valence-electron chi connectivity index (χ0n) is 8.04. The summed E-state index contributed by atoms with van der Waals surface area (Å²) in [7, 11) is 0. The Bertz CT molecular complexity index is 552. The van der Waals surface area contributed by atoms with Gasteiger partial charge in [-0.25, -0.2) is 9.97 Å². The van der Waals surface area contributed by atoms with Crippen LogP contribution in [0.4, 0.5) is 0 Å². The summed E-state index contributed by atoms with van der Waals surface area (Å²) in [5.74, 6) is 0. The van der Waals surface area contributed by atoms with E-state index in [4.69, 9.17) is 0 Å². The van der Waals surface area contributed by atoms with Gasteiger partial charge < -0.3 is 0 Å². The number of allylic oxidation sites excluding steroid dienone is 4. The van der Waals surface area contributed by atoms with Crippen LogP contribution >= 0.6 is 0 Å². The third-order valence-corrected chi connectivity index (χ3v) is 2.34. The second-order valence-electron chi connectivity index (χ2n) is 3.34. The smallest absolute Gasteiger partial charge is 0.186 e. The Morgan fingerprint density at radius 3 is 3.13 bits per heavy atom. The average Bonchev–Trinajstić information content (AvgIpc) is 2.74. The van der Waals surface area contributed by atoms with Gasteiger partial charge in [-0.05, 0) is 18.9 Å². The number of rotatable bonds is 1. The molecule has 5 heteroatoms.